The summed E-state index contributed by atoms with van der Waals surface area (Å²) in [6.07, 6.45) is 0. The Morgan fingerprint density at radius 3 is 2.72 bits per heavy atom. The Balaban J connectivity index is 2.58. The molecule has 0 saturated carbocycles. The number of aromatic nitrogens is 3. The smallest absolute Gasteiger partial charge is 0.264 e. The van der Waals surface area contributed by atoms with E-state index in [1.54, 1.807) is 16.7 Å². The van der Waals surface area contributed by atoms with E-state index >= 15 is 0 Å². The highest BCUT2D eigenvalue weighted by atomic mass is 35.5. The minimum Gasteiger partial charge on any atom is -0.301 e. The number of H-pyrrole nitrogens is 1. The number of Topliss-reactive ketones (excluding diaryl/α,β-unsaturated/α-hetero) is 1. The summed E-state index contributed by atoms with van der Waals surface area (Å²) in [6, 6.07) is 4.77. The topological polar surface area (TPSA) is 67.8 Å². The van der Waals surface area contributed by atoms with Crippen LogP contribution in [0.5, 0.6) is 0 Å². The van der Waals surface area contributed by atoms with E-state index in [4.69, 9.17) is 11.6 Å². The molecular weight excluding hydrogens is 254 g/mol. The van der Waals surface area contributed by atoms with Crippen LogP contribution in [0.3, 0.4) is 0 Å². The second-order valence-electron chi connectivity index (χ2n) is 3.96. The first-order chi connectivity index (χ1) is 8.54. The van der Waals surface area contributed by atoms with Crippen molar-refractivity contribution in [3.63, 3.8) is 0 Å². The Morgan fingerprint density at radius 2 is 2.17 bits per heavy atom. The molecule has 0 saturated heterocycles. The molecule has 0 aliphatic carbocycles. The van der Waals surface area contributed by atoms with Crippen molar-refractivity contribution in [3.05, 3.63) is 45.5 Å². The number of nitrogens with zero attached hydrogens (tertiary/aromatic N) is 2. The van der Waals surface area contributed by atoms with Crippen molar-refractivity contribution < 1.29 is 4.79 Å². The minimum absolute atomic E-state index is 0.0522. The second-order valence-corrected chi connectivity index (χ2v) is 4.22. The minimum atomic E-state index is -0.265. The molecule has 2 aromatic rings. The van der Waals surface area contributed by atoms with E-state index in [1.807, 2.05) is 13.8 Å². The third kappa shape index (κ3) is 2.09. The molecule has 0 aliphatic heterocycles. The molecule has 0 amide bonds. The number of nitrogens with one attached hydrogen (secondary N) is 1. The Labute approximate surface area is 108 Å². The lowest BCUT2D eigenvalue weighted by Gasteiger charge is -2.07. The van der Waals surface area contributed by atoms with Crippen LogP contribution in [0, 0.1) is 13.8 Å². The van der Waals surface area contributed by atoms with Crippen LogP contribution >= 0.6 is 11.6 Å². The van der Waals surface area contributed by atoms with Gasteiger partial charge in [-0.2, -0.15) is 5.10 Å². The number of rotatable bonds is 3. The van der Waals surface area contributed by atoms with Crippen molar-refractivity contribution in [1.29, 1.82) is 0 Å². The van der Waals surface area contributed by atoms with Crippen LogP contribution in [0.15, 0.2) is 23.0 Å². The van der Waals surface area contributed by atoms with Gasteiger partial charge in [0.2, 0.25) is 0 Å². The summed E-state index contributed by atoms with van der Waals surface area (Å²) >= 11 is 5.56. The van der Waals surface area contributed by atoms with Crippen molar-refractivity contribution in [3.8, 4) is 5.82 Å². The van der Waals surface area contributed by atoms with Gasteiger partial charge in [-0.1, -0.05) is 0 Å². The molecule has 0 atom stereocenters. The van der Waals surface area contributed by atoms with Gasteiger partial charge in [-0.15, -0.1) is 11.6 Å². The summed E-state index contributed by atoms with van der Waals surface area (Å²) in [4.78, 5) is 22.6. The summed E-state index contributed by atoms with van der Waals surface area (Å²) in [5, 5.41) is 6.32. The van der Waals surface area contributed by atoms with Crippen LogP contribution in [0.4, 0.5) is 0 Å². The molecule has 2 heterocycles. The van der Waals surface area contributed by atoms with E-state index in [0.717, 1.165) is 11.4 Å². The molecule has 2 rings (SSSR count). The Kier molecular flexibility index (Phi) is 3.34. The molecule has 18 heavy (non-hydrogen) atoms. The number of hydrogen-bond acceptors (Lipinski definition) is 3. The molecule has 6 heteroatoms. The molecule has 0 bridgehead atoms. The first-order valence-electron chi connectivity index (χ1n) is 5.39. The second kappa shape index (κ2) is 4.78. The number of alkyl halides is 1. The first-order valence-corrected chi connectivity index (χ1v) is 5.92. The van der Waals surface area contributed by atoms with Gasteiger partial charge in [-0.3, -0.25) is 9.59 Å². The summed E-state index contributed by atoms with van der Waals surface area (Å²) < 4.78 is 1.80. The normalized spacial score (nSPS) is 10.6. The van der Waals surface area contributed by atoms with E-state index in [0.29, 0.717) is 11.4 Å². The quantitative estimate of drug-likeness (QED) is 0.677. The van der Waals surface area contributed by atoms with E-state index in [-0.39, 0.29) is 17.2 Å². The summed E-state index contributed by atoms with van der Waals surface area (Å²) in [5.74, 6) is 0.391. The highest BCUT2D eigenvalue weighted by Crippen LogP contribution is 2.19. The molecule has 1 N–H and O–H groups in total. The fourth-order valence-electron chi connectivity index (χ4n) is 1.93. The standard InChI is InChI=1S/C12H12ClN3O2/c1-7-5-9(10(17)6-13)8(2)16(7)11-3-4-12(18)15-14-11/h3-5H,6H2,1-2H3,(H,15,18). The van der Waals surface area contributed by atoms with Gasteiger partial charge in [0.25, 0.3) is 5.56 Å². The van der Waals surface area contributed by atoms with Crippen molar-refractivity contribution >= 4 is 17.4 Å². The highest BCUT2D eigenvalue weighted by molar-refractivity contribution is 6.30. The van der Waals surface area contributed by atoms with Crippen LogP contribution in [-0.2, 0) is 0 Å². The van der Waals surface area contributed by atoms with Gasteiger partial charge in [0, 0.05) is 23.0 Å². The largest absolute Gasteiger partial charge is 0.301 e. The van der Waals surface area contributed by atoms with Crippen LogP contribution in [-0.4, -0.2) is 26.4 Å². The van der Waals surface area contributed by atoms with E-state index in [1.165, 1.54) is 6.07 Å². The number of halogens is 1. The van der Waals surface area contributed by atoms with Crippen molar-refractivity contribution in [2.24, 2.45) is 0 Å². The Morgan fingerprint density at radius 1 is 1.44 bits per heavy atom. The summed E-state index contributed by atoms with van der Waals surface area (Å²) in [5.41, 5.74) is 1.94. The maximum Gasteiger partial charge on any atom is 0.264 e. The van der Waals surface area contributed by atoms with Crippen molar-refractivity contribution in [2.45, 2.75) is 13.8 Å². The lowest BCUT2D eigenvalue weighted by atomic mass is 10.2. The average molecular weight is 266 g/mol. The van der Waals surface area contributed by atoms with Gasteiger partial charge < -0.3 is 4.57 Å². The van der Waals surface area contributed by atoms with E-state index < -0.39 is 0 Å². The fourth-order valence-corrected chi connectivity index (χ4v) is 2.08. The Hall–Kier alpha value is -1.88. The molecule has 0 aromatic carbocycles. The van der Waals surface area contributed by atoms with Gasteiger partial charge in [0.05, 0.1) is 5.88 Å². The summed E-state index contributed by atoms with van der Waals surface area (Å²) in [6.45, 7) is 3.68. The third-order valence-corrected chi connectivity index (χ3v) is 2.99. The van der Waals surface area contributed by atoms with Gasteiger partial charge in [0.15, 0.2) is 11.6 Å². The van der Waals surface area contributed by atoms with Crippen LogP contribution in [0.25, 0.3) is 5.82 Å². The maximum absolute atomic E-state index is 11.7. The molecule has 0 fully saturated rings. The summed E-state index contributed by atoms with van der Waals surface area (Å²) in [7, 11) is 0. The zero-order valence-corrected chi connectivity index (χ0v) is 10.8. The van der Waals surface area contributed by atoms with E-state index in [9.17, 15) is 9.59 Å². The highest BCUT2D eigenvalue weighted by Gasteiger charge is 2.16. The number of aryl methyl sites for hydroxylation is 1. The first kappa shape index (κ1) is 12.6. The maximum atomic E-state index is 11.7. The molecule has 2 aromatic heterocycles. The molecular formula is C12H12ClN3O2. The van der Waals surface area contributed by atoms with Crippen LogP contribution in [0.2, 0.25) is 0 Å². The SMILES string of the molecule is Cc1cc(C(=O)CCl)c(C)n1-c1ccc(=O)[nH]n1. The number of carbonyl (C=O) groups excluding carboxylic acids is 1. The zero-order valence-electron chi connectivity index (χ0n) is 10.0. The van der Waals surface area contributed by atoms with Gasteiger partial charge in [-0.25, -0.2) is 5.10 Å². The van der Waals surface area contributed by atoms with Gasteiger partial charge >= 0.3 is 0 Å². The predicted molar refractivity (Wildman–Crippen MR) is 68.7 cm³/mol. The van der Waals surface area contributed by atoms with Crippen molar-refractivity contribution in [2.75, 3.05) is 5.88 Å². The lowest BCUT2D eigenvalue weighted by Crippen LogP contribution is -2.11. The molecule has 94 valence electrons. The predicted octanol–water partition coefficient (Wildman–Crippen LogP) is 1.60. The van der Waals surface area contributed by atoms with Crippen LogP contribution < -0.4 is 5.56 Å². The molecule has 0 aliphatic rings. The third-order valence-electron chi connectivity index (χ3n) is 2.75. The van der Waals surface area contributed by atoms with Crippen LogP contribution in [0.1, 0.15) is 21.7 Å². The number of ketones is 1. The van der Waals surface area contributed by atoms with Gasteiger partial charge in [-0.05, 0) is 26.0 Å². The molecule has 0 spiro atoms. The number of carbonyl (C=O) groups is 1. The number of hydrogen-bond donors (Lipinski definition) is 1. The fraction of sp³-hybridized carbons (Fsp3) is 0.250. The lowest BCUT2D eigenvalue weighted by molar-refractivity contribution is 0.102. The monoisotopic (exact) mass is 265 g/mol. The number of aromatic amines is 1. The van der Waals surface area contributed by atoms with Crippen molar-refractivity contribution in [1.82, 2.24) is 14.8 Å². The zero-order chi connectivity index (χ0) is 13.3. The molecule has 5 nitrogen and oxygen atoms in total. The molecule has 0 unspecified atom stereocenters. The van der Waals surface area contributed by atoms with Gasteiger partial charge in [0.1, 0.15) is 0 Å². The average Bonchev–Trinajstić information content (AvgIpc) is 2.65. The Bertz CT molecular complexity index is 637. The molecule has 0 radical (unpaired) electrons. The van der Waals surface area contributed by atoms with E-state index in [2.05, 4.69) is 10.2 Å².